The Morgan fingerprint density at radius 3 is 2.60 bits per heavy atom. The molecule has 0 aliphatic rings. The first-order valence-electron chi connectivity index (χ1n) is 6.31. The summed E-state index contributed by atoms with van der Waals surface area (Å²) in [7, 11) is 0. The molecule has 2 rings (SSSR count). The number of aliphatic hydroxyl groups excluding tert-OH is 1. The van der Waals surface area contributed by atoms with E-state index in [-0.39, 0.29) is 12.4 Å². The van der Waals surface area contributed by atoms with Crippen LogP contribution in [0.2, 0.25) is 0 Å². The number of aryl methyl sites for hydroxylation is 2. The van der Waals surface area contributed by atoms with Gasteiger partial charge in [-0.15, -0.1) is 0 Å². The van der Waals surface area contributed by atoms with E-state index in [4.69, 9.17) is 4.74 Å². The van der Waals surface area contributed by atoms with Crippen LogP contribution in [-0.4, -0.2) is 11.7 Å². The van der Waals surface area contributed by atoms with Crippen LogP contribution >= 0.6 is 0 Å². The molecule has 0 saturated heterocycles. The van der Waals surface area contributed by atoms with E-state index in [0.29, 0.717) is 5.56 Å². The molecule has 0 radical (unpaired) electrons. The van der Waals surface area contributed by atoms with Crippen molar-refractivity contribution >= 4 is 0 Å². The Labute approximate surface area is 116 Å². The maximum absolute atomic E-state index is 13.4. The topological polar surface area (TPSA) is 29.5 Å². The summed E-state index contributed by atoms with van der Waals surface area (Å²) < 4.78 is 31.6. The molecule has 20 heavy (non-hydrogen) atoms. The highest BCUT2D eigenvalue weighted by Gasteiger charge is 2.14. The van der Waals surface area contributed by atoms with Crippen molar-refractivity contribution in [3.05, 3.63) is 64.7 Å². The van der Waals surface area contributed by atoms with Gasteiger partial charge in [-0.05, 0) is 37.1 Å². The zero-order chi connectivity index (χ0) is 14.7. The van der Waals surface area contributed by atoms with Crippen LogP contribution in [0.4, 0.5) is 8.78 Å². The van der Waals surface area contributed by atoms with E-state index in [2.05, 4.69) is 0 Å². The lowest BCUT2D eigenvalue weighted by atomic mass is 10.0. The van der Waals surface area contributed by atoms with E-state index in [1.165, 1.54) is 12.1 Å². The van der Waals surface area contributed by atoms with Crippen LogP contribution < -0.4 is 4.74 Å². The Morgan fingerprint density at radius 2 is 1.90 bits per heavy atom. The van der Waals surface area contributed by atoms with Crippen LogP contribution in [0.15, 0.2) is 36.4 Å². The monoisotopic (exact) mass is 278 g/mol. The van der Waals surface area contributed by atoms with Gasteiger partial charge in [0.15, 0.2) is 11.6 Å². The summed E-state index contributed by atoms with van der Waals surface area (Å²) in [6.45, 7) is 3.71. The summed E-state index contributed by atoms with van der Waals surface area (Å²) in [5.74, 6) is -2.21. The summed E-state index contributed by atoms with van der Waals surface area (Å²) in [4.78, 5) is 0. The number of aliphatic hydroxyl groups is 1. The molecule has 0 aliphatic carbocycles. The first-order chi connectivity index (χ1) is 9.49. The van der Waals surface area contributed by atoms with Gasteiger partial charge in [0, 0.05) is 0 Å². The van der Waals surface area contributed by atoms with Crippen molar-refractivity contribution in [2.24, 2.45) is 0 Å². The molecule has 0 amide bonds. The van der Waals surface area contributed by atoms with Gasteiger partial charge in [0.05, 0.1) is 0 Å². The molecule has 0 saturated carbocycles. The minimum Gasteiger partial charge on any atom is -0.487 e. The van der Waals surface area contributed by atoms with Crippen molar-refractivity contribution in [1.82, 2.24) is 0 Å². The van der Waals surface area contributed by atoms with E-state index in [1.807, 2.05) is 26.0 Å². The summed E-state index contributed by atoms with van der Waals surface area (Å²) in [6, 6.07) is 9.34. The van der Waals surface area contributed by atoms with Crippen LogP contribution in [-0.2, 0) is 0 Å². The van der Waals surface area contributed by atoms with Crippen LogP contribution in [0, 0.1) is 25.5 Å². The summed E-state index contributed by atoms with van der Waals surface area (Å²) in [5.41, 5.74) is 2.74. The Morgan fingerprint density at radius 1 is 1.15 bits per heavy atom. The van der Waals surface area contributed by atoms with Gasteiger partial charge in [-0.25, -0.2) is 4.39 Å². The smallest absolute Gasteiger partial charge is 0.200 e. The lowest BCUT2D eigenvalue weighted by Crippen LogP contribution is -2.12. The number of hydrogen-bond acceptors (Lipinski definition) is 2. The quantitative estimate of drug-likeness (QED) is 0.924. The predicted octanol–water partition coefficient (Wildman–Crippen LogP) is 3.69. The number of benzene rings is 2. The summed E-state index contributed by atoms with van der Waals surface area (Å²) in [6.07, 6.45) is -0.890. The molecule has 0 bridgehead atoms. The zero-order valence-corrected chi connectivity index (χ0v) is 11.4. The Bertz CT molecular complexity index is 611. The van der Waals surface area contributed by atoms with Gasteiger partial charge in [-0.2, -0.15) is 4.39 Å². The van der Waals surface area contributed by atoms with Crippen LogP contribution in [0.25, 0.3) is 0 Å². The molecule has 0 aromatic heterocycles. The van der Waals surface area contributed by atoms with Crippen molar-refractivity contribution in [2.45, 2.75) is 20.0 Å². The lowest BCUT2D eigenvalue weighted by molar-refractivity contribution is 0.105. The van der Waals surface area contributed by atoms with Crippen molar-refractivity contribution < 1.29 is 18.6 Å². The van der Waals surface area contributed by atoms with E-state index in [9.17, 15) is 13.9 Å². The molecule has 1 N–H and O–H groups in total. The Hall–Kier alpha value is -1.94. The Balaban J connectivity index is 2.08. The predicted molar refractivity (Wildman–Crippen MR) is 72.7 cm³/mol. The van der Waals surface area contributed by atoms with Crippen molar-refractivity contribution in [3.63, 3.8) is 0 Å². The SMILES string of the molecule is Cc1ccc(C(O)COc2cccc(F)c2F)c(C)c1. The number of hydrogen-bond donors (Lipinski definition) is 1. The normalized spacial score (nSPS) is 12.2. The second-order valence-corrected chi connectivity index (χ2v) is 4.74. The van der Waals surface area contributed by atoms with E-state index < -0.39 is 17.7 Å². The third-order valence-corrected chi connectivity index (χ3v) is 3.10. The molecule has 0 spiro atoms. The van der Waals surface area contributed by atoms with Crippen LogP contribution in [0.3, 0.4) is 0 Å². The van der Waals surface area contributed by atoms with Gasteiger partial charge in [0.25, 0.3) is 0 Å². The highest BCUT2D eigenvalue weighted by Crippen LogP contribution is 2.23. The largest absolute Gasteiger partial charge is 0.487 e. The van der Waals surface area contributed by atoms with Gasteiger partial charge >= 0.3 is 0 Å². The van der Waals surface area contributed by atoms with Gasteiger partial charge in [-0.1, -0.05) is 29.8 Å². The molecule has 2 aromatic rings. The number of halogens is 2. The highest BCUT2D eigenvalue weighted by atomic mass is 19.2. The lowest BCUT2D eigenvalue weighted by Gasteiger charge is -2.15. The minimum absolute atomic E-state index is 0.135. The average molecular weight is 278 g/mol. The third-order valence-electron chi connectivity index (χ3n) is 3.10. The van der Waals surface area contributed by atoms with Crippen molar-refractivity contribution in [3.8, 4) is 5.75 Å². The fourth-order valence-electron chi connectivity index (χ4n) is 2.05. The highest BCUT2D eigenvalue weighted by molar-refractivity contribution is 5.32. The van der Waals surface area contributed by atoms with E-state index in [1.54, 1.807) is 6.07 Å². The van der Waals surface area contributed by atoms with Crippen molar-refractivity contribution in [1.29, 1.82) is 0 Å². The Kier molecular flexibility index (Phi) is 4.35. The molecule has 106 valence electrons. The van der Waals surface area contributed by atoms with E-state index >= 15 is 0 Å². The second kappa shape index (κ2) is 6.01. The van der Waals surface area contributed by atoms with Gasteiger partial charge in [-0.3, -0.25) is 0 Å². The summed E-state index contributed by atoms with van der Waals surface area (Å²) >= 11 is 0. The molecular weight excluding hydrogens is 262 g/mol. The molecule has 1 unspecified atom stereocenters. The fourth-order valence-corrected chi connectivity index (χ4v) is 2.05. The molecule has 2 aromatic carbocycles. The van der Waals surface area contributed by atoms with Gasteiger partial charge in [0.2, 0.25) is 5.82 Å². The molecule has 0 heterocycles. The number of rotatable bonds is 4. The third kappa shape index (κ3) is 3.14. The van der Waals surface area contributed by atoms with Gasteiger partial charge in [0.1, 0.15) is 12.7 Å². The second-order valence-electron chi connectivity index (χ2n) is 4.74. The molecule has 0 aliphatic heterocycles. The van der Waals surface area contributed by atoms with Crippen molar-refractivity contribution in [2.75, 3.05) is 6.61 Å². The minimum atomic E-state index is -1.04. The first kappa shape index (κ1) is 14.5. The summed E-state index contributed by atoms with van der Waals surface area (Å²) in [5, 5.41) is 10.1. The zero-order valence-electron chi connectivity index (χ0n) is 11.4. The standard InChI is InChI=1S/C16H16F2O2/c1-10-6-7-12(11(2)8-10)14(19)9-20-15-5-3-4-13(17)16(15)18/h3-8,14,19H,9H2,1-2H3. The molecule has 0 fully saturated rings. The van der Waals surface area contributed by atoms with Gasteiger partial charge < -0.3 is 9.84 Å². The van der Waals surface area contributed by atoms with Crippen LogP contribution in [0.5, 0.6) is 5.75 Å². The molecule has 1 atom stereocenters. The molecule has 4 heteroatoms. The average Bonchev–Trinajstić information content (AvgIpc) is 2.40. The molecule has 2 nitrogen and oxygen atoms in total. The molecular formula is C16H16F2O2. The maximum Gasteiger partial charge on any atom is 0.200 e. The van der Waals surface area contributed by atoms with E-state index in [0.717, 1.165) is 17.2 Å². The number of ether oxygens (including phenoxy) is 1. The maximum atomic E-state index is 13.4. The fraction of sp³-hybridized carbons (Fsp3) is 0.250. The van der Waals surface area contributed by atoms with Crippen LogP contribution in [0.1, 0.15) is 22.8 Å². The first-order valence-corrected chi connectivity index (χ1v) is 6.31.